The lowest BCUT2D eigenvalue weighted by atomic mass is 10.1. The van der Waals surface area contributed by atoms with Gasteiger partial charge in [-0.1, -0.05) is 24.3 Å². The molecule has 2 aliphatic rings. The highest BCUT2D eigenvalue weighted by Gasteiger charge is 2.30. The summed E-state index contributed by atoms with van der Waals surface area (Å²) in [5.74, 6) is 1.78. The van der Waals surface area contributed by atoms with E-state index < -0.39 is 10.8 Å². The number of piperazine rings is 2. The number of carbonyl (C=O) groups is 1. The van der Waals surface area contributed by atoms with E-state index in [-0.39, 0.29) is 17.0 Å². The van der Waals surface area contributed by atoms with Crippen molar-refractivity contribution in [3.05, 3.63) is 76.3 Å². The monoisotopic (exact) mass is 619 g/mol. The maximum absolute atomic E-state index is 13.5. The van der Waals surface area contributed by atoms with E-state index in [2.05, 4.69) is 20.8 Å². The average molecular weight is 620 g/mol. The molecule has 0 aliphatic carbocycles. The molecule has 0 unspecified atom stereocenters. The minimum absolute atomic E-state index is 0.0112. The topological polar surface area (TPSA) is 110 Å². The van der Waals surface area contributed by atoms with Crippen molar-refractivity contribution in [3.63, 3.8) is 0 Å². The highest BCUT2D eigenvalue weighted by atomic mass is 16.6. The zero-order valence-electron chi connectivity index (χ0n) is 26.1. The summed E-state index contributed by atoms with van der Waals surface area (Å²) in [6, 6.07) is 18.5. The van der Waals surface area contributed by atoms with Crippen molar-refractivity contribution < 1.29 is 28.7 Å². The summed E-state index contributed by atoms with van der Waals surface area (Å²) in [6.45, 7) is 6.80. The molecule has 0 N–H and O–H groups in total. The number of anilines is 2. The molecule has 2 aliphatic heterocycles. The van der Waals surface area contributed by atoms with Crippen molar-refractivity contribution in [2.24, 2.45) is 0 Å². The highest BCUT2D eigenvalue weighted by Crippen LogP contribution is 2.36. The molecular formula is C33H41N5O7. The van der Waals surface area contributed by atoms with Gasteiger partial charge < -0.3 is 33.6 Å². The molecule has 0 radical (unpaired) electrons. The summed E-state index contributed by atoms with van der Waals surface area (Å²) in [4.78, 5) is 33.6. The first-order valence-corrected chi connectivity index (χ1v) is 15.2. The van der Waals surface area contributed by atoms with E-state index in [1.807, 2.05) is 42.5 Å². The predicted octanol–water partition coefficient (Wildman–Crippen LogP) is 4.17. The second-order valence-corrected chi connectivity index (χ2v) is 10.9. The summed E-state index contributed by atoms with van der Waals surface area (Å²) >= 11 is 0. The van der Waals surface area contributed by atoms with Crippen molar-refractivity contribution in [1.29, 1.82) is 0 Å². The zero-order valence-corrected chi connectivity index (χ0v) is 26.1. The number of nitro groups is 1. The molecule has 2 heterocycles. The Morgan fingerprint density at radius 3 is 1.80 bits per heavy atom. The Morgan fingerprint density at radius 1 is 0.733 bits per heavy atom. The van der Waals surface area contributed by atoms with Crippen LogP contribution in [0.25, 0.3) is 0 Å². The third-order valence-electron chi connectivity index (χ3n) is 8.38. The summed E-state index contributed by atoms with van der Waals surface area (Å²) in [7, 11) is 4.79. The molecule has 240 valence electrons. The molecule has 0 bridgehead atoms. The number of hydrogen-bond acceptors (Lipinski definition) is 10. The fourth-order valence-corrected chi connectivity index (χ4v) is 5.93. The number of amides is 1. The van der Waals surface area contributed by atoms with Crippen molar-refractivity contribution >= 4 is 23.0 Å². The first-order chi connectivity index (χ1) is 21.9. The summed E-state index contributed by atoms with van der Waals surface area (Å²) in [5, 5.41) is 12.1. The molecule has 2 fully saturated rings. The van der Waals surface area contributed by atoms with Crippen LogP contribution >= 0.6 is 0 Å². The van der Waals surface area contributed by atoms with Gasteiger partial charge in [0, 0.05) is 65.0 Å². The fraction of sp³-hybridized carbons (Fsp3) is 0.424. The predicted molar refractivity (Wildman–Crippen MR) is 173 cm³/mol. The van der Waals surface area contributed by atoms with Gasteiger partial charge in [0.1, 0.15) is 17.1 Å². The van der Waals surface area contributed by atoms with Gasteiger partial charge in [-0.25, -0.2) is 0 Å². The molecule has 5 rings (SSSR count). The van der Waals surface area contributed by atoms with Gasteiger partial charge in [0.25, 0.3) is 11.6 Å². The second-order valence-electron chi connectivity index (χ2n) is 10.9. The number of carbonyl (C=O) groups excluding carboxylic acids is 1. The van der Waals surface area contributed by atoms with Gasteiger partial charge in [0.15, 0.2) is 11.5 Å². The van der Waals surface area contributed by atoms with Crippen molar-refractivity contribution in [2.75, 3.05) is 96.6 Å². The van der Waals surface area contributed by atoms with Gasteiger partial charge in [-0.05, 0) is 30.7 Å². The quantitative estimate of drug-likeness (QED) is 0.166. The third kappa shape index (κ3) is 7.34. The van der Waals surface area contributed by atoms with Gasteiger partial charge in [-0.2, -0.15) is 0 Å². The molecule has 1 amide bonds. The molecule has 12 nitrogen and oxygen atoms in total. The van der Waals surface area contributed by atoms with Crippen molar-refractivity contribution in [2.45, 2.75) is 6.42 Å². The number of nitrogens with zero attached hydrogens (tertiary/aromatic N) is 5. The minimum atomic E-state index is -0.536. The molecule has 3 aromatic rings. The molecule has 3 aromatic carbocycles. The molecule has 0 aromatic heterocycles. The molecule has 12 heteroatoms. The Labute approximate surface area is 263 Å². The van der Waals surface area contributed by atoms with E-state index in [0.717, 1.165) is 62.0 Å². The number of ether oxygens (including phenoxy) is 4. The first kappa shape index (κ1) is 31.7. The van der Waals surface area contributed by atoms with Crippen LogP contribution in [-0.2, 0) is 0 Å². The summed E-state index contributed by atoms with van der Waals surface area (Å²) in [6.07, 6.45) is 0.739. The Morgan fingerprint density at radius 2 is 1.27 bits per heavy atom. The van der Waals surface area contributed by atoms with E-state index in [9.17, 15) is 14.9 Å². The molecule has 2 saturated heterocycles. The lowest BCUT2D eigenvalue weighted by Crippen LogP contribution is -2.49. The fourth-order valence-electron chi connectivity index (χ4n) is 5.93. The number of hydrogen-bond donors (Lipinski definition) is 0. The van der Waals surface area contributed by atoms with Crippen LogP contribution in [-0.4, -0.2) is 107 Å². The summed E-state index contributed by atoms with van der Waals surface area (Å²) < 4.78 is 22.5. The van der Waals surface area contributed by atoms with Crippen LogP contribution in [0.3, 0.4) is 0 Å². The van der Waals surface area contributed by atoms with Crippen LogP contribution in [0, 0.1) is 10.1 Å². The van der Waals surface area contributed by atoms with E-state index in [4.69, 9.17) is 18.9 Å². The van der Waals surface area contributed by atoms with Gasteiger partial charge in [-0.3, -0.25) is 19.8 Å². The average Bonchev–Trinajstić information content (AvgIpc) is 3.09. The number of para-hydroxylation sites is 4. The molecule has 45 heavy (non-hydrogen) atoms. The first-order valence-electron chi connectivity index (χ1n) is 15.2. The van der Waals surface area contributed by atoms with Gasteiger partial charge in [0.05, 0.1) is 50.3 Å². The van der Waals surface area contributed by atoms with E-state index in [1.54, 1.807) is 19.1 Å². The van der Waals surface area contributed by atoms with E-state index in [0.29, 0.717) is 38.5 Å². The standard InChI is InChI=1S/C33H41N5O7/c1-42-29-11-6-4-9-26(29)35-16-14-34(15-17-35)13-8-22-45-32-24-28(38(40)41)25(23-31(32)44-3)33(39)37-20-18-36(19-21-37)27-10-5-7-12-30(27)43-2/h4-7,9-12,23-24H,8,13-22H2,1-3H3. The number of rotatable bonds is 12. The molecular weight excluding hydrogens is 578 g/mol. The van der Waals surface area contributed by atoms with Crippen LogP contribution in [0.2, 0.25) is 0 Å². The number of benzene rings is 3. The molecule has 0 atom stereocenters. The van der Waals surface area contributed by atoms with Crippen molar-refractivity contribution in [1.82, 2.24) is 9.80 Å². The van der Waals surface area contributed by atoms with Crippen LogP contribution < -0.4 is 28.7 Å². The maximum Gasteiger partial charge on any atom is 0.286 e. The van der Waals surface area contributed by atoms with Gasteiger partial charge >= 0.3 is 0 Å². The number of methoxy groups -OCH3 is 3. The largest absolute Gasteiger partial charge is 0.495 e. The highest BCUT2D eigenvalue weighted by molar-refractivity contribution is 5.99. The minimum Gasteiger partial charge on any atom is -0.495 e. The van der Waals surface area contributed by atoms with Crippen LogP contribution in [0.1, 0.15) is 16.8 Å². The molecule has 0 spiro atoms. The van der Waals surface area contributed by atoms with E-state index >= 15 is 0 Å². The van der Waals surface area contributed by atoms with Crippen molar-refractivity contribution in [3.8, 4) is 23.0 Å². The van der Waals surface area contributed by atoms with Gasteiger partial charge in [-0.15, -0.1) is 0 Å². The SMILES string of the molecule is COc1cc(C(=O)N2CCN(c3ccccc3OC)CC2)c([N+](=O)[O-])cc1OCCCN1CCN(c2ccccc2OC)CC1. The smallest absolute Gasteiger partial charge is 0.286 e. The van der Waals surface area contributed by atoms with Gasteiger partial charge in [0.2, 0.25) is 0 Å². The number of nitro benzene ring substituents is 1. The third-order valence-corrected chi connectivity index (χ3v) is 8.38. The second kappa shape index (κ2) is 14.8. The lowest BCUT2D eigenvalue weighted by Gasteiger charge is -2.36. The summed E-state index contributed by atoms with van der Waals surface area (Å²) in [5.41, 5.74) is 1.75. The van der Waals surface area contributed by atoms with Crippen LogP contribution in [0.5, 0.6) is 23.0 Å². The lowest BCUT2D eigenvalue weighted by molar-refractivity contribution is -0.385. The Hall–Kier alpha value is -4.71. The Balaban J connectivity index is 1.16. The van der Waals surface area contributed by atoms with Crippen LogP contribution in [0.4, 0.5) is 17.1 Å². The zero-order chi connectivity index (χ0) is 31.8. The Kier molecular flexibility index (Phi) is 10.5. The van der Waals surface area contributed by atoms with Crippen LogP contribution in [0.15, 0.2) is 60.7 Å². The maximum atomic E-state index is 13.5. The normalized spacial score (nSPS) is 15.5. The Bertz CT molecular complexity index is 1470. The van der Waals surface area contributed by atoms with E-state index in [1.165, 1.54) is 19.2 Å². The molecule has 0 saturated carbocycles.